The Bertz CT molecular complexity index is 1210. The summed E-state index contributed by atoms with van der Waals surface area (Å²) in [5.41, 5.74) is 1.79. The Morgan fingerprint density at radius 3 is 2.36 bits per heavy atom. The van der Waals surface area contributed by atoms with Crippen LogP contribution in [-0.2, 0) is 14.4 Å². The van der Waals surface area contributed by atoms with E-state index in [2.05, 4.69) is 29.5 Å². The average molecular weight is 652 g/mol. The standard InChI is InChI=1S/C31H50N4O5.C6H7N/c1-24(2)21-26(32-3)30(38)35-19-14-16-27(35)31(39)34(4)22-29(37)33-18-12-8-6-5-7-9-13-20-40-28-17-11-10-15-25(28)23-36;1-6-3-2-4-7-5-6/h10-11,15,17,23-24,26-27,32H,5-9,12-14,16,18-22H2,1-4H3,(H,33,37);2-5H,1H3. The summed E-state index contributed by atoms with van der Waals surface area (Å²) in [5, 5.41) is 6.02. The first kappa shape index (κ1) is 39.4. The molecule has 260 valence electrons. The fraction of sp³-hybridized carbons (Fsp3) is 0.595. The normalized spacial score (nSPS) is 14.6. The summed E-state index contributed by atoms with van der Waals surface area (Å²) in [6.07, 6.45) is 13.9. The lowest BCUT2D eigenvalue weighted by atomic mass is 10.0. The van der Waals surface area contributed by atoms with E-state index < -0.39 is 6.04 Å². The largest absolute Gasteiger partial charge is 0.493 e. The number of benzene rings is 1. The molecular weight excluding hydrogens is 594 g/mol. The minimum atomic E-state index is -0.493. The number of hydrogen-bond acceptors (Lipinski definition) is 7. The van der Waals surface area contributed by atoms with E-state index in [9.17, 15) is 19.2 Å². The van der Waals surface area contributed by atoms with E-state index in [0.29, 0.717) is 43.3 Å². The summed E-state index contributed by atoms with van der Waals surface area (Å²) in [4.78, 5) is 56.6. The van der Waals surface area contributed by atoms with Gasteiger partial charge in [0.2, 0.25) is 17.7 Å². The molecule has 2 aromatic rings. The molecule has 1 aliphatic heterocycles. The van der Waals surface area contributed by atoms with Gasteiger partial charge >= 0.3 is 0 Å². The Balaban J connectivity index is 0.000000965. The third kappa shape index (κ3) is 15.1. The van der Waals surface area contributed by atoms with E-state index in [4.69, 9.17) is 4.74 Å². The number of carbonyl (C=O) groups excluding carboxylic acids is 4. The number of likely N-dealkylation sites (N-methyl/N-ethyl adjacent to an activating group) is 2. The van der Waals surface area contributed by atoms with E-state index in [1.54, 1.807) is 31.3 Å². The van der Waals surface area contributed by atoms with Gasteiger partial charge in [-0.25, -0.2) is 0 Å². The summed E-state index contributed by atoms with van der Waals surface area (Å²) >= 11 is 0. The highest BCUT2D eigenvalue weighted by Gasteiger charge is 2.38. The summed E-state index contributed by atoms with van der Waals surface area (Å²) in [6.45, 7) is 7.96. The molecule has 3 amide bonds. The Kier molecular flexibility index (Phi) is 19.0. The summed E-state index contributed by atoms with van der Waals surface area (Å²) < 4.78 is 5.71. The van der Waals surface area contributed by atoms with E-state index in [0.717, 1.165) is 64.1 Å². The molecule has 1 aromatic heterocycles. The molecular formula is C37H57N5O5. The lowest BCUT2D eigenvalue weighted by Gasteiger charge is -2.31. The molecule has 3 rings (SSSR count). The number of likely N-dealkylation sites (tertiary alicyclic amines) is 1. The van der Waals surface area contributed by atoms with Gasteiger partial charge in [-0.05, 0) is 75.8 Å². The maximum absolute atomic E-state index is 13.1. The minimum Gasteiger partial charge on any atom is -0.493 e. The van der Waals surface area contributed by atoms with Crippen molar-refractivity contribution in [1.29, 1.82) is 0 Å². The zero-order chi connectivity index (χ0) is 34.4. The van der Waals surface area contributed by atoms with Gasteiger partial charge in [0, 0.05) is 32.5 Å². The molecule has 0 aliphatic carbocycles. The summed E-state index contributed by atoms with van der Waals surface area (Å²) in [6, 6.07) is 10.4. The smallest absolute Gasteiger partial charge is 0.245 e. The predicted molar refractivity (Wildman–Crippen MR) is 186 cm³/mol. The van der Waals surface area contributed by atoms with Crippen molar-refractivity contribution in [3.63, 3.8) is 0 Å². The van der Waals surface area contributed by atoms with Gasteiger partial charge in [-0.3, -0.25) is 24.2 Å². The number of aromatic nitrogens is 1. The zero-order valence-corrected chi connectivity index (χ0v) is 29.2. The molecule has 0 bridgehead atoms. The third-order valence-corrected chi connectivity index (χ3v) is 8.19. The van der Waals surface area contributed by atoms with Crippen LogP contribution in [0, 0.1) is 12.8 Å². The van der Waals surface area contributed by atoms with Crippen LogP contribution in [-0.4, -0.2) is 91.2 Å². The molecule has 2 unspecified atom stereocenters. The topological polar surface area (TPSA) is 121 Å². The quantitative estimate of drug-likeness (QED) is 0.158. The van der Waals surface area contributed by atoms with Crippen molar-refractivity contribution in [2.24, 2.45) is 5.92 Å². The number of para-hydroxylation sites is 1. The van der Waals surface area contributed by atoms with Crippen molar-refractivity contribution >= 4 is 24.0 Å². The molecule has 1 aliphatic rings. The first-order valence-corrected chi connectivity index (χ1v) is 17.2. The second kappa shape index (κ2) is 22.7. The molecule has 2 N–H and O–H groups in total. The minimum absolute atomic E-state index is 0.00178. The van der Waals surface area contributed by atoms with Gasteiger partial charge in [-0.2, -0.15) is 0 Å². The number of pyridine rings is 1. The molecule has 0 radical (unpaired) electrons. The molecule has 2 heterocycles. The highest BCUT2D eigenvalue weighted by molar-refractivity contribution is 5.92. The van der Waals surface area contributed by atoms with Gasteiger partial charge < -0.3 is 25.2 Å². The lowest BCUT2D eigenvalue weighted by molar-refractivity contribution is -0.145. The van der Waals surface area contributed by atoms with E-state index in [-0.39, 0.29) is 30.3 Å². The molecule has 10 nitrogen and oxygen atoms in total. The number of hydrogen-bond donors (Lipinski definition) is 2. The van der Waals surface area contributed by atoms with Crippen molar-refractivity contribution in [2.45, 2.75) is 97.1 Å². The van der Waals surface area contributed by atoms with Crippen molar-refractivity contribution in [1.82, 2.24) is 25.4 Å². The number of nitrogens with zero attached hydrogens (tertiary/aromatic N) is 3. The van der Waals surface area contributed by atoms with Crippen LogP contribution in [0.2, 0.25) is 0 Å². The second-order valence-corrected chi connectivity index (χ2v) is 12.7. The first-order chi connectivity index (χ1) is 22.7. The summed E-state index contributed by atoms with van der Waals surface area (Å²) in [7, 11) is 3.42. The predicted octanol–water partition coefficient (Wildman–Crippen LogP) is 5.20. The Hall–Kier alpha value is -3.79. The van der Waals surface area contributed by atoms with Crippen molar-refractivity contribution in [3.05, 3.63) is 59.9 Å². The van der Waals surface area contributed by atoms with Gasteiger partial charge in [0.25, 0.3) is 0 Å². The Morgan fingerprint density at radius 2 is 1.74 bits per heavy atom. The van der Waals surface area contributed by atoms with Crippen LogP contribution in [0.3, 0.4) is 0 Å². The molecule has 1 aromatic carbocycles. The van der Waals surface area contributed by atoms with Gasteiger partial charge in [0.05, 0.1) is 24.8 Å². The maximum atomic E-state index is 13.1. The fourth-order valence-electron chi connectivity index (χ4n) is 5.58. The molecule has 47 heavy (non-hydrogen) atoms. The molecule has 2 atom stereocenters. The zero-order valence-electron chi connectivity index (χ0n) is 29.2. The number of rotatable bonds is 19. The number of aldehydes is 1. The second-order valence-electron chi connectivity index (χ2n) is 12.7. The van der Waals surface area contributed by atoms with Gasteiger partial charge in [0.1, 0.15) is 11.8 Å². The highest BCUT2D eigenvalue weighted by Crippen LogP contribution is 2.22. The monoisotopic (exact) mass is 651 g/mol. The summed E-state index contributed by atoms with van der Waals surface area (Å²) in [5.74, 6) is 0.646. The van der Waals surface area contributed by atoms with E-state index in [1.807, 2.05) is 43.5 Å². The molecule has 0 saturated carbocycles. The molecule has 1 fully saturated rings. The van der Waals surface area contributed by atoms with Crippen LogP contribution in [0.5, 0.6) is 5.75 Å². The van der Waals surface area contributed by atoms with Crippen LogP contribution in [0.15, 0.2) is 48.8 Å². The third-order valence-electron chi connectivity index (χ3n) is 8.19. The number of carbonyl (C=O) groups is 4. The van der Waals surface area contributed by atoms with E-state index >= 15 is 0 Å². The highest BCUT2D eigenvalue weighted by atomic mass is 16.5. The SMILES string of the molecule is CNC(CC(C)C)C(=O)N1CCCC1C(=O)N(C)CC(=O)NCCCCCCCCCOc1ccccc1C=O.Cc1cccnc1. The molecule has 0 spiro atoms. The Labute approximate surface area is 282 Å². The van der Waals surface area contributed by atoms with Crippen LogP contribution >= 0.6 is 0 Å². The van der Waals surface area contributed by atoms with Gasteiger partial charge in [-0.1, -0.05) is 64.2 Å². The number of ether oxygens (including phenoxy) is 1. The Morgan fingerprint density at radius 1 is 1.04 bits per heavy atom. The first-order valence-electron chi connectivity index (χ1n) is 17.2. The van der Waals surface area contributed by atoms with Crippen LogP contribution in [0.1, 0.15) is 94.0 Å². The van der Waals surface area contributed by atoms with Crippen molar-refractivity contribution in [3.8, 4) is 5.75 Å². The number of amides is 3. The van der Waals surface area contributed by atoms with Gasteiger partial charge in [-0.15, -0.1) is 0 Å². The van der Waals surface area contributed by atoms with Crippen molar-refractivity contribution in [2.75, 3.05) is 40.3 Å². The van der Waals surface area contributed by atoms with Crippen molar-refractivity contribution < 1.29 is 23.9 Å². The van der Waals surface area contributed by atoms with Gasteiger partial charge in [0.15, 0.2) is 6.29 Å². The average Bonchev–Trinajstić information content (AvgIpc) is 3.56. The van der Waals surface area contributed by atoms with E-state index in [1.165, 1.54) is 10.5 Å². The van der Waals surface area contributed by atoms with Crippen LogP contribution in [0.4, 0.5) is 0 Å². The lowest BCUT2D eigenvalue weighted by Crippen LogP contribution is -2.53. The fourth-order valence-corrected chi connectivity index (χ4v) is 5.58. The molecule has 1 saturated heterocycles. The number of nitrogens with one attached hydrogen (secondary N) is 2. The number of unbranched alkanes of at least 4 members (excludes halogenated alkanes) is 6. The molecule has 10 heteroatoms. The maximum Gasteiger partial charge on any atom is 0.245 e. The van der Waals surface area contributed by atoms with Crippen LogP contribution < -0.4 is 15.4 Å². The van der Waals surface area contributed by atoms with Crippen LogP contribution in [0.25, 0.3) is 0 Å². The number of aryl methyl sites for hydroxylation is 1.